The summed E-state index contributed by atoms with van der Waals surface area (Å²) in [7, 11) is 0. The lowest BCUT2D eigenvalue weighted by Crippen LogP contribution is -2.35. The van der Waals surface area contributed by atoms with Gasteiger partial charge in [-0.25, -0.2) is 4.39 Å². The van der Waals surface area contributed by atoms with Crippen LogP contribution < -0.4 is 10.5 Å². The molecule has 0 saturated carbocycles. The van der Waals surface area contributed by atoms with Crippen molar-refractivity contribution in [2.45, 2.75) is 31.6 Å². The number of aliphatic hydroxyl groups excluding tert-OH is 1. The van der Waals surface area contributed by atoms with Gasteiger partial charge in [-0.2, -0.15) is 0 Å². The quantitative estimate of drug-likeness (QED) is 0.473. The van der Waals surface area contributed by atoms with Crippen LogP contribution in [0.15, 0.2) is 24.3 Å². The van der Waals surface area contributed by atoms with Gasteiger partial charge in [0.25, 0.3) is 0 Å². The summed E-state index contributed by atoms with van der Waals surface area (Å²) in [6.07, 6.45) is -0.908. The van der Waals surface area contributed by atoms with Crippen LogP contribution in [-0.4, -0.2) is 46.9 Å². The molecule has 0 fully saturated rings. The van der Waals surface area contributed by atoms with E-state index in [2.05, 4.69) is 0 Å². The average molecular weight is 315 g/mol. The second kappa shape index (κ2) is 9.34. The Balaban J connectivity index is 2.57. The summed E-state index contributed by atoms with van der Waals surface area (Å²) in [6.45, 7) is -0.585. The molecule has 2 unspecified atom stereocenters. The summed E-state index contributed by atoms with van der Waals surface area (Å²) in [5.74, 6) is -1.10. The maximum atomic E-state index is 12.0. The van der Waals surface area contributed by atoms with Crippen LogP contribution in [0.1, 0.15) is 18.4 Å². The van der Waals surface area contributed by atoms with Gasteiger partial charge in [-0.05, 0) is 37.0 Å². The monoisotopic (exact) mass is 315 g/mol. The molecule has 2 atom stereocenters. The van der Waals surface area contributed by atoms with E-state index in [1.54, 1.807) is 24.3 Å². The number of alkyl halides is 1. The minimum Gasteiger partial charge on any atom is -0.491 e. The maximum absolute atomic E-state index is 12.0. The predicted octanol–water partition coefficient (Wildman–Crippen LogP) is 0.696. The van der Waals surface area contributed by atoms with Crippen molar-refractivity contribution in [3.63, 3.8) is 0 Å². The number of hydrogen-bond acceptors (Lipinski definition) is 5. The van der Waals surface area contributed by atoms with Crippen LogP contribution in [0, 0.1) is 5.92 Å². The van der Waals surface area contributed by atoms with Gasteiger partial charge in [-0.15, -0.1) is 0 Å². The Labute approximate surface area is 128 Å². The Bertz CT molecular complexity index is 452. The lowest BCUT2D eigenvalue weighted by Gasteiger charge is -2.17. The molecule has 7 heteroatoms. The van der Waals surface area contributed by atoms with Gasteiger partial charge in [0.15, 0.2) is 6.29 Å². The van der Waals surface area contributed by atoms with Gasteiger partial charge in [-0.3, -0.25) is 4.79 Å². The van der Waals surface area contributed by atoms with Gasteiger partial charge in [0.2, 0.25) is 0 Å². The van der Waals surface area contributed by atoms with E-state index in [0.29, 0.717) is 12.2 Å². The van der Waals surface area contributed by atoms with E-state index in [9.17, 15) is 14.3 Å². The minimum atomic E-state index is -1.65. The Hall–Kier alpha value is -1.70. The molecular formula is C15H22FNO5. The number of hydrogen-bond donors (Lipinski definition) is 4. The van der Waals surface area contributed by atoms with Gasteiger partial charge in [-0.1, -0.05) is 12.1 Å². The highest BCUT2D eigenvalue weighted by Gasteiger charge is 2.21. The fourth-order valence-corrected chi connectivity index (χ4v) is 2.02. The molecule has 124 valence electrons. The van der Waals surface area contributed by atoms with E-state index in [4.69, 9.17) is 20.7 Å². The zero-order chi connectivity index (χ0) is 16.5. The van der Waals surface area contributed by atoms with E-state index in [1.165, 1.54) is 0 Å². The van der Waals surface area contributed by atoms with E-state index in [0.717, 1.165) is 5.56 Å². The zero-order valence-electron chi connectivity index (χ0n) is 12.2. The third-order valence-corrected chi connectivity index (χ3v) is 3.33. The van der Waals surface area contributed by atoms with Crippen molar-refractivity contribution in [2.24, 2.45) is 11.7 Å². The summed E-state index contributed by atoms with van der Waals surface area (Å²) in [6, 6.07) is 5.91. The second-order valence-corrected chi connectivity index (χ2v) is 5.08. The summed E-state index contributed by atoms with van der Waals surface area (Å²) >= 11 is 0. The van der Waals surface area contributed by atoms with Crippen molar-refractivity contribution < 1.29 is 29.2 Å². The average Bonchev–Trinajstić information content (AvgIpc) is 2.49. The summed E-state index contributed by atoms with van der Waals surface area (Å²) in [4.78, 5) is 11.3. The van der Waals surface area contributed by atoms with Crippen LogP contribution >= 0.6 is 0 Å². The maximum Gasteiger partial charge on any atom is 0.306 e. The smallest absolute Gasteiger partial charge is 0.306 e. The van der Waals surface area contributed by atoms with E-state index in [-0.39, 0.29) is 19.4 Å². The summed E-state index contributed by atoms with van der Waals surface area (Å²) in [5, 5.41) is 27.0. The fraction of sp³-hybridized carbons (Fsp3) is 0.533. The molecule has 0 aliphatic heterocycles. The molecule has 6 nitrogen and oxygen atoms in total. The highest BCUT2D eigenvalue weighted by molar-refractivity contribution is 5.70. The number of aliphatic hydroxyl groups is 2. The molecular weight excluding hydrogens is 293 g/mol. The summed E-state index contributed by atoms with van der Waals surface area (Å²) in [5.41, 5.74) is 6.29. The molecule has 0 radical (unpaired) electrons. The molecule has 1 aromatic carbocycles. The zero-order valence-corrected chi connectivity index (χ0v) is 12.2. The Morgan fingerprint density at radius 1 is 1.23 bits per heavy atom. The molecule has 0 aromatic heterocycles. The third-order valence-electron chi connectivity index (χ3n) is 3.33. The number of carbonyl (C=O) groups is 1. The Morgan fingerprint density at radius 3 is 2.36 bits per heavy atom. The molecule has 0 aliphatic rings. The number of carboxylic acid groups (broad SMARTS) is 1. The lowest BCUT2D eigenvalue weighted by atomic mass is 9.93. The Kier molecular flexibility index (Phi) is 7.79. The fourth-order valence-electron chi connectivity index (χ4n) is 2.02. The van der Waals surface area contributed by atoms with Crippen LogP contribution in [0.25, 0.3) is 0 Å². The first kappa shape index (κ1) is 18.3. The standard InChI is InChI=1S/C15H22FNO5/c16-7-8-22-12-4-1-10(2-5-12)9-11(14(18)19)3-6-13(17)15(20)21/h1-2,4-5,11,13,15,20-21H,3,6-9,17H2,(H,18,19). The van der Waals surface area contributed by atoms with Crippen LogP contribution in [0.3, 0.4) is 0 Å². The number of ether oxygens (including phenoxy) is 1. The van der Waals surface area contributed by atoms with E-state index >= 15 is 0 Å². The number of rotatable bonds is 10. The highest BCUT2D eigenvalue weighted by Crippen LogP contribution is 2.19. The molecule has 22 heavy (non-hydrogen) atoms. The van der Waals surface area contributed by atoms with Crippen molar-refractivity contribution in [3.05, 3.63) is 29.8 Å². The molecule has 0 aliphatic carbocycles. The normalized spacial score (nSPS) is 13.9. The SMILES string of the molecule is NC(CCC(Cc1ccc(OCCF)cc1)C(=O)O)C(O)O. The van der Waals surface area contributed by atoms with Crippen molar-refractivity contribution in [1.29, 1.82) is 0 Å². The van der Waals surface area contributed by atoms with Crippen LogP contribution in [0.5, 0.6) is 5.75 Å². The van der Waals surface area contributed by atoms with Gasteiger partial charge in [0.1, 0.15) is 19.0 Å². The van der Waals surface area contributed by atoms with Crippen LogP contribution in [-0.2, 0) is 11.2 Å². The number of benzene rings is 1. The van der Waals surface area contributed by atoms with Crippen molar-refractivity contribution in [3.8, 4) is 5.75 Å². The topological polar surface area (TPSA) is 113 Å². The molecule has 5 N–H and O–H groups in total. The largest absolute Gasteiger partial charge is 0.491 e. The Morgan fingerprint density at radius 2 is 1.86 bits per heavy atom. The van der Waals surface area contributed by atoms with Crippen molar-refractivity contribution >= 4 is 5.97 Å². The van der Waals surface area contributed by atoms with E-state index in [1.807, 2.05) is 0 Å². The first-order valence-corrected chi connectivity index (χ1v) is 7.06. The van der Waals surface area contributed by atoms with E-state index < -0.39 is 30.9 Å². The molecule has 0 saturated heterocycles. The molecule has 0 amide bonds. The third kappa shape index (κ3) is 6.38. The van der Waals surface area contributed by atoms with Gasteiger partial charge < -0.3 is 25.8 Å². The van der Waals surface area contributed by atoms with Crippen molar-refractivity contribution in [2.75, 3.05) is 13.3 Å². The predicted molar refractivity (Wildman–Crippen MR) is 78.2 cm³/mol. The van der Waals surface area contributed by atoms with Gasteiger partial charge >= 0.3 is 5.97 Å². The number of nitrogens with two attached hydrogens (primary N) is 1. The van der Waals surface area contributed by atoms with Gasteiger partial charge in [0.05, 0.1) is 12.0 Å². The van der Waals surface area contributed by atoms with Gasteiger partial charge in [0, 0.05) is 0 Å². The van der Waals surface area contributed by atoms with Crippen LogP contribution in [0.2, 0.25) is 0 Å². The molecule has 1 rings (SSSR count). The molecule has 0 bridgehead atoms. The summed E-state index contributed by atoms with van der Waals surface area (Å²) < 4.78 is 17.1. The van der Waals surface area contributed by atoms with Crippen LogP contribution in [0.4, 0.5) is 4.39 Å². The number of aliphatic carboxylic acids is 1. The molecule has 1 aromatic rings. The van der Waals surface area contributed by atoms with Crippen molar-refractivity contribution in [1.82, 2.24) is 0 Å². The number of carboxylic acids is 1. The number of halogens is 1. The molecule has 0 spiro atoms. The first-order chi connectivity index (χ1) is 10.4. The second-order valence-electron chi connectivity index (χ2n) is 5.08. The minimum absolute atomic E-state index is 0.0154. The molecule has 0 heterocycles. The first-order valence-electron chi connectivity index (χ1n) is 7.06. The highest BCUT2D eigenvalue weighted by atomic mass is 19.1. The lowest BCUT2D eigenvalue weighted by molar-refractivity contribution is -0.142.